The number of aromatic nitrogens is 2. The average Bonchev–Trinajstić information content (AvgIpc) is 3.05. The highest BCUT2D eigenvalue weighted by molar-refractivity contribution is 5.95. The van der Waals surface area contributed by atoms with Gasteiger partial charge in [-0.2, -0.15) is 0 Å². The van der Waals surface area contributed by atoms with Gasteiger partial charge >= 0.3 is 0 Å². The highest BCUT2D eigenvalue weighted by Gasteiger charge is 2.38. The fourth-order valence-corrected chi connectivity index (χ4v) is 3.15. The molecule has 2 aromatic rings. The summed E-state index contributed by atoms with van der Waals surface area (Å²) in [5.41, 5.74) is 0.474. The summed E-state index contributed by atoms with van der Waals surface area (Å²) in [6.45, 7) is 4.19. The molecule has 0 spiro atoms. The van der Waals surface area contributed by atoms with Crippen molar-refractivity contribution in [3.05, 3.63) is 48.4 Å². The second kappa shape index (κ2) is 6.57. The Labute approximate surface area is 141 Å². The smallest absolute Gasteiger partial charge is 0.254 e. The van der Waals surface area contributed by atoms with Gasteiger partial charge in [-0.25, -0.2) is 4.98 Å². The molecule has 0 saturated carbocycles. The van der Waals surface area contributed by atoms with Gasteiger partial charge < -0.3 is 15.3 Å². The van der Waals surface area contributed by atoms with Crippen LogP contribution in [0.5, 0.6) is 0 Å². The van der Waals surface area contributed by atoms with E-state index in [1.165, 1.54) is 0 Å². The summed E-state index contributed by atoms with van der Waals surface area (Å²) in [5, 5.41) is 13.4. The van der Waals surface area contributed by atoms with Crippen molar-refractivity contribution in [3.63, 3.8) is 0 Å². The molecule has 6 nitrogen and oxygen atoms in total. The number of aliphatic hydroxyl groups is 1. The molecule has 1 aromatic heterocycles. The van der Waals surface area contributed by atoms with Crippen molar-refractivity contribution in [1.29, 1.82) is 0 Å². The number of anilines is 2. The van der Waals surface area contributed by atoms with Crippen LogP contribution in [0.15, 0.2) is 42.9 Å². The molecule has 1 aromatic carbocycles. The third-order valence-electron chi connectivity index (χ3n) is 4.27. The van der Waals surface area contributed by atoms with Crippen LogP contribution in [0.25, 0.3) is 0 Å². The molecule has 1 aliphatic rings. The fraction of sp³-hybridized carbons (Fsp3) is 0.389. The van der Waals surface area contributed by atoms with Gasteiger partial charge in [-0.3, -0.25) is 9.78 Å². The first kappa shape index (κ1) is 16.4. The number of nitrogens with zero attached hydrogens (tertiary/aromatic N) is 3. The SMILES string of the molecule is CC(C)(O)C1CCCN1C(=O)c1cccc(Nc2cnccn2)c1. The molecule has 126 valence electrons. The van der Waals surface area contributed by atoms with Gasteiger partial charge in [-0.05, 0) is 44.9 Å². The van der Waals surface area contributed by atoms with E-state index in [4.69, 9.17) is 0 Å². The molecule has 0 aliphatic carbocycles. The minimum atomic E-state index is -0.901. The summed E-state index contributed by atoms with van der Waals surface area (Å²) in [7, 11) is 0. The van der Waals surface area contributed by atoms with Crippen LogP contribution in [0.2, 0.25) is 0 Å². The van der Waals surface area contributed by atoms with Gasteiger partial charge in [0.15, 0.2) is 0 Å². The van der Waals surface area contributed by atoms with Crippen LogP contribution in [0.1, 0.15) is 37.0 Å². The Morgan fingerprint density at radius 1 is 1.38 bits per heavy atom. The molecule has 1 fully saturated rings. The second-order valence-electron chi connectivity index (χ2n) is 6.61. The Hall–Kier alpha value is -2.47. The van der Waals surface area contributed by atoms with Crippen LogP contribution in [-0.2, 0) is 0 Å². The number of hydrogen-bond donors (Lipinski definition) is 2. The minimum Gasteiger partial charge on any atom is -0.388 e. The largest absolute Gasteiger partial charge is 0.388 e. The summed E-state index contributed by atoms with van der Waals surface area (Å²) < 4.78 is 0. The van der Waals surface area contributed by atoms with E-state index in [1.54, 1.807) is 49.5 Å². The third kappa shape index (κ3) is 3.54. The van der Waals surface area contributed by atoms with Crippen LogP contribution >= 0.6 is 0 Å². The maximum absolute atomic E-state index is 12.9. The number of likely N-dealkylation sites (tertiary alicyclic amines) is 1. The summed E-state index contributed by atoms with van der Waals surface area (Å²) >= 11 is 0. The zero-order chi connectivity index (χ0) is 17.2. The number of carbonyl (C=O) groups excluding carboxylic acids is 1. The topological polar surface area (TPSA) is 78.4 Å². The number of carbonyl (C=O) groups is 1. The first-order valence-corrected chi connectivity index (χ1v) is 8.11. The van der Waals surface area contributed by atoms with Crippen LogP contribution in [-0.4, -0.2) is 44.1 Å². The Kier molecular flexibility index (Phi) is 4.49. The van der Waals surface area contributed by atoms with E-state index in [2.05, 4.69) is 15.3 Å². The summed E-state index contributed by atoms with van der Waals surface area (Å²) in [5.74, 6) is 0.570. The molecule has 1 aliphatic heterocycles. The molecule has 1 amide bonds. The monoisotopic (exact) mass is 326 g/mol. The number of amides is 1. The number of hydrogen-bond acceptors (Lipinski definition) is 5. The lowest BCUT2D eigenvalue weighted by atomic mass is 9.96. The predicted octanol–water partition coefficient (Wildman–Crippen LogP) is 2.60. The van der Waals surface area contributed by atoms with Gasteiger partial charge in [0.25, 0.3) is 5.91 Å². The van der Waals surface area contributed by atoms with E-state index in [0.717, 1.165) is 18.5 Å². The molecule has 1 unspecified atom stereocenters. The lowest BCUT2D eigenvalue weighted by Gasteiger charge is -2.33. The molecular formula is C18H22N4O2. The minimum absolute atomic E-state index is 0.0533. The van der Waals surface area contributed by atoms with Crippen LogP contribution < -0.4 is 5.32 Å². The molecule has 2 N–H and O–H groups in total. The molecule has 0 bridgehead atoms. The fourth-order valence-electron chi connectivity index (χ4n) is 3.15. The quantitative estimate of drug-likeness (QED) is 0.903. The predicted molar refractivity (Wildman–Crippen MR) is 92.1 cm³/mol. The van der Waals surface area contributed by atoms with E-state index in [1.807, 2.05) is 12.1 Å². The van der Waals surface area contributed by atoms with Crippen molar-refractivity contribution in [3.8, 4) is 0 Å². The van der Waals surface area contributed by atoms with Crippen LogP contribution in [0.4, 0.5) is 11.5 Å². The summed E-state index contributed by atoms with van der Waals surface area (Å²) in [4.78, 5) is 22.8. The van der Waals surface area contributed by atoms with E-state index in [9.17, 15) is 9.90 Å². The lowest BCUT2D eigenvalue weighted by molar-refractivity contribution is 0.000339. The van der Waals surface area contributed by atoms with Crippen molar-refractivity contribution in [2.45, 2.75) is 38.3 Å². The highest BCUT2D eigenvalue weighted by Crippen LogP contribution is 2.28. The van der Waals surface area contributed by atoms with Gasteiger partial charge in [0.05, 0.1) is 17.8 Å². The van der Waals surface area contributed by atoms with Crippen molar-refractivity contribution >= 4 is 17.4 Å². The Balaban J connectivity index is 1.79. The first-order chi connectivity index (χ1) is 11.4. The number of benzene rings is 1. The third-order valence-corrected chi connectivity index (χ3v) is 4.27. The molecule has 1 saturated heterocycles. The normalized spacial score (nSPS) is 17.8. The van der Waals surface area contributed by atoms with Crippen molar-refractivity contribution in [2.24, 2.45) is 0 Å². The molecular weight excluding hydrogens is 304 g/mol. The van der Waals surface area contributed by atoms with Crippen molar-refractivity contribution in [2.75, 3.05) is 11.9 Å². The van der Waals surface area contributed by atoms with Crippen molar-refractivity contribution < 1.29 is 9.90 Å². The standard InChI is InChI=1S/C18H22N4O2/c1-18(2,24)15-7-4-10-22(15)17(23)13-5-3-6-14(11-13)21-16-12-19-8-9-20-16/h3,5-6,8-9,11-12,15,24H,4,7,10H2,1-2H3,(H,20,21). The Morgan fingerprint density at radius 2 is 2.21 bits per heavy atom. The van der Waals surface area contributed by atoms with E-state index in [0.29, 0.717) is 17.9 Å². The number of rotatable bonds is 4. The van der Waals surface area contributed by atoms with E-state index in [-0.39, 0.29) is 11.9 Å². The maximum atomic E-state index is 12.9. The van der Waals surface area contributed by atoms with Gasteiger partial charge in [0, 0.05) is 30.2 Å². The second-order valence-corrected chi connectivity index (χ2v) is 6.61. The molecule has 24 heavy (non-hydrogen) atoms. The van der Waals surface area contributed by atoms with Gasteiger partial charge in [0.1, 0.15) is 5.82 Å². The molecule has 3 rings (SSSR count). The first-order valence-electron chi connectivity index (χ1n) is 8.11. The van der Waals surface area contributed by atoms with Gasteiger partial charge in [0.2, 0.25) is 0 Å². The zero-order valence-corrected chi connectivity index (χ0v) is 13.9. The summed E-state index contributed by atoms with van der Waals surface area (Å²) in [6, 6.07) is 7.16. The van der Waals surface area contributed by atoms with Gasteiger partial charge in [-0.15, -0.1) is 0 Å². The molecule has 6 heteroatoms. The maximum Gasteiger partial charge on any atom is 0.254 e. The van der Waals surface area contributed by atoms with E-state index >= 15 is 0 Å². The van der Waals surface area contributed by atoms with Crippen molar-refractivity contribution in [1.82, 2.24) is 14.9 Å². The highest BCUT2D eigenvalue weighted by atomic mass is 16.3. The molecule has 2 heterocycles. The zero-order valence-electron chi connectivity index (χ0n) is 13.9. The molecule has 1 atom stereocenters. The lowest BCUT2D eigenvalue weighted by Crippen LogP contribution is -2.48. The Morgan fingerprint density at radius 3 is 2.92 bits per heavy atom. The average molecular weight is 326 g/mol. The van der Waals surface area contributed by atoms with Gasteiger partial charge in [-0.1, -0.05) is 6.07 Å². The summed E-state index contributed by atoms with van der Waals surface area (Å²) in [6.07, 6.45) is 6.58. The van der Waals surface area contributed by atoms with Crippen LogP contribution in [0.3, 0.4) is 0 Å². The van der Waals surface area contributed by atoms with E-state index < -0.39 is 5.60 Å². The number of nitrogens with one attached hydrogen (secondary N) is 1. The Bertz CT molecular complexity index is 712. The van der Waals surface area contributed by atoms with Crippen LogP contribution in [0, 0.1) is 0 Å². The molecule has 0 radical (unpaired) electrons.